The Morgan fingerprint density at radius 3 is 2.58 bits per heavy atom. The number of hydrogen-bond donors (Lipinski definition) is 2. The molecule has 0 aliphatic rings. The lowest BCUT2D eigenvalue weighted by molar-refractivity contribution is 0.0995. The molecule has 3 heterocycles. The number of pyridine rings is 1. The molecule has 10 nitrogen and oxygen atoms in total. The van der Waals surface area contributed by atoms with E-state index in [1.807, 2.05) is 0 Å². The zero-order chi connectivity index (χ0) is 22.0. The second kappa shape index (κ2) is 8.14. The van der Waals surface area contributed by atoms with Gasteiger partial charge in [-0.15, -0.1) is 0 Å². The van der Waals surface area contributed by atoms with Crippen LogP contribution in [0.5, 0.6) is 5.88 Å². The molecule has 1 unspecified atom stereocenters. The lowest BCUT2D eigenvalue weighted by Gasteiger charge is -2.18. The lowest BCUT2D eigenvalue weighted by atomic mass is 10.1. The van der Waals surface area contributed by atoms with E-state index in [4.69, 9.17) is 16.2 Å². The Bertz CT molecular complexity index is 1230. The summed E-state index contributed by atoms with van der Waals surface area (Å²) in [4.78, 5) is 25.1. The SMILES string of the molecule is CC(Oc1nc(-c2ccc(C(N)=O)nc2)cnc1N)c1cc(F)ccc1-n1nccn1. The molecule has 4 rings (SSSR count). The van der Waals surface area contributed by atoms with Gasteiger partial charge in [0, 0.05) is 17.3 Å². The molecule has 0 saturated heterocycles. The molecule has 1 amide bonds. The number of aromatic nitrogens is 6. The summed E-state index contributed by atoms with van der Waals surface area (Å²) >= 11 is 0. The molecule has 1 aromatic carbocycles. The molecule has 4 N–H and O–H groups in total. The average molecular weight is 420 g/mol. The topological polar surface area (TPSA) is 148 Å². The largest absolute Gasteiger partial charge is 0.467 e. The van der Waals surface area contributed by atoms with Crippen LogP contribution < -0.4 is 16.2 Å². The third-order valence-electron chi connectivity index (χ3n) is 4.43. The second-order valence-electron chi connectivity index (χ2n) is 6.52. The number of amides is 1. The fraction of sp³-hybridized carbons (Fsp3) is 0.100. The van der Waals surface area contributed by atoms with Crippen molar-refractivity contribution in [3.63, 3.8) is 0 Å². The summed E-state index contributed by atoms with van der Waals surface area (Å²) in [6.45, 7) is 1.72. The minimum Gasteiger partial charge on any atom is -0.467 e. The summed E-state index contributed by atoms with van der Waals surface area (Å²) in [6.07, 6.45) is 5.28. The van der Waals surface area contributed by atoms with Gasteiger partial charge in [-0.05, 0) is 37.3 Å². The highest BCUT2D eigenvalue weighted by Gasteiger charge is 2.19. The summed E-state index contributed by atoms with van der Waals surface area (Å²) < 4.78 is 19.9. The molecule has 0 saturated carbocycles. The van der Waals surface area contributed by atoms with Gasteiger partial charge in [0.25, 0.3) is 11.8 Å². The van der Waals surface area contributed by atoms with E-state index < -0.39 is 17.8 Å². The summed E-state index contributed by atoms with van der Waals surface area (Å²) in [5, 5.41) is 8.18. The van der Waals surface area contributed by atoms with Crippen LogP contribution in [0.3, 0.4) is 0 Å². The number of nitrogen functional groups attached to an aromatic ring is 1. The Hall–Kier alpha value is -4.41. The molecule has 1 atom stereocenters. The van der Waals surface area contributed by atoms with Crippen LogP contribution in [-0.2, 0) is 0 Å². The van der Waals surface area contributed by atoms with Crippen LogP contribution in [0.15, 0.2) is 55.1 Å². The zero-order valence-corrected chi connectivity index (χ0v) is 16.3. The van der Waals surface area contributed by atoms with E-state index in [-0.39, 0.29) is 17.4 Å². The first-order valence-corrected chi connectivity index (χ1v) is 9.14. The van der Waals surface area contributed by atoms with E-state index in [0.717, 1.165) is 0 Å². The highest BCUT2D eigenvalue weighted by Crippen LogP contribution is 2.29. The van der Waals surface area contributed by atoms with Crippen molar-refractivity contribution in [2.75, 3.05) is 5.73 Å². The summed E-state index contributed by atoms with van der Waals surface area (Å²) in [6, 6.07) is 7.32. The van der Waals surface area contributed by atoms with Crippen molar-refractivity contribution < 1.29 is 13.9 Å². The lowest BCUT2D eigenvalue weighted by Crippen LogP contribution is -2.13. The molecule has 0 aliphatic carbocycles. The maximum Gasteiger partial charge on any atom is 0.267 e. The van der Waals surface area contributed by atoms with Crippen molar-refractivity contribution in [2.24, 2.45) is 5.73 Å². The summed E-state index contributed by atoms with van der Waals surface area (Å²) in [7, 11) is 0. The number of carbonyl (C=O) groups is 1. The van der Waals surface area contributed by atoms with E-state index in [2.05, 4.69) is 25.1 Å². The predicted octanol–water partition coefficient (Wildman–Crippen LogP) is 2.08. The van der Waals surface area contributed by atoms with Crippen LogP contribution in [0, 0.1) is 5.82 Å². The summed E-state index contributed by atoms with van der Waals surface area (Å²) in [5.74, 6) is -0.944. The molecule has 0 bridgehead atoms. The van der Waals surface area contributed by atoms with Crippen molar-refractivity contribution >= 4 is 11.7 Å². The Morgan fingerprint density at radius 1 is 1.13 bits per heavy atom. The first-order chi connectivity index (χ1) is 14.9. The molecule has 0 fully saturated rings. The van der Waals surface area contributed by atoms with E-state index in [1.165, 1.54) is 47.8 Å². The van der Waals surface area contributed by atoms with Crippen LogP contribution in [0.25, 0.3) is 16.9 Å². The van der Waals surface area contributed by atoms with Gasteiger partial charge < -0.3 is 16.2 Å². The van der Waals surface area contributed by atoms with Crippen molar-refractivity contribution in [3.8, 4) is 22.8 Å². The fourth-order valence-electron chi connectivity index (χ4n) is 2.90. The number of ether oxygens (including phenoxy) is 1. The van der Waals surface area contributed by atoms with Crippen LogP contribution in [0.1, 0.15) is 29.1 Å². The second-order valence-corrected chi connectivity index (χ2v) is 6.52. The quantitative estimate of drug-likeness (QED) is 0.482. The molecule has 31 heavy (non-hydrogen) atoms. The minimum atomic E-state index is -0.654. The Kier molecular flexibility index (Phi) is 5.22. The molecule has 4 aromatic rings. The number of benzene rings is 1. The molecule has 11 heteroatoms. The highest BCUT2D eigenvalue weighted by atomic mass is 19.1. The third kappa shape index (κ3) is 4.15. The van der Waals surface area contributed by atoms with E-state index >= 15 is 0 Å². The number of rotatable bonds is 6. The Balaban J connectivity index is 1.65. The standard InChI is InChI=1S/C20H17FN8O2/c1-11(14-8-13(21)3-5-17(14)29-26-6-7-27-29)31-20-18(22)25-10-16(28-20)12-2-4-15(19(23)30)24-9-12/h2-11H,1H3,(H2,22,25)(H2,23,30). The molecular formula is C20H17FN8O2. The fourth-order valence-corrected chi connectivity index (χ4v) is 2.90. The van der Waals surface area contributed by atoms with Gasteiger partial charge in [0.05, 0.1) is 30.0 Å². The normalized spacial score (nSPS) is 11.8. The predicted molar refractivity (Wildman–Crippen MR) is 109 cm³/mol. The maximum atomic E-state index is 13.9. The molecular weight excluding hydrogens is 403 g/mol. The third-order valence-corrected chi connectivity index (χ3v) is 4.43. The number of anilines is 1. The molecule has 0 aliphatic heterocycles. The molecule has 0 radical (unpaired) electrons. The van der Waals surface area contributed by atoms with Crippen molar-refractivity contribution in [3.05, 3.63) is 72.2 Å². The van der Waals surface area contributed by atoms with Crippen molar-refractivity contribution in [1.29, 1.82) is 0 Å². The average Bonchev–Trinajstić information content (AvgIpc) is 3.30. The Labute approximate surface area is 175 Å². The van der Waals surface area contributed by atoms with Gasteiger partial charge in [-0.2, -0.15) is 15.0 Å². The minimum absolute atomic E-state index is 0.0625. The first-order valence-electron chi connectivity index (χ1n) is 9.14. The van der Waals surface area contributed by atoms with Crippen molar-refractivity contribution in [2.45, 2.75) is 13.0 Å². The number of carbonyl (C=O) groups excluding carboxylic acids is 1. The first kappa shape index (κ1) is 19.9. The van der Waals surface area contributed by atoms with Gasteiger partial charge in [0.15, 0.2) is 5.82 Å². The monoisotopic (exact) mass is 420 g/mol. The van der Waals surface area contributed by atoms with Gasteiger partial charge in [0.1, 0.15) is 17.6 Å². The van der Waals surface area contributed by atoms with Crippen molar-refractivity contribution in [1.82, 2.24) is 29.9 Å². The molecule has 156 valence electrons. The van der Waals surface area contributed by atoms with Gasteiger partial charge in [0.2, 0.25) is 0 Å². The van der Waals surface area contributed by atoms with Gasteiger partial charge in [-0.1, -0.05) is 0 Å². The van der Waals surface area contributed by atoms with E-state index in [0.29, 0.717) is 22.5 Å². The zero-order valence-electron chi connectivity index (χ0n) is 16.3. The van der Waals surface area contributed by atoms with Gasteiger partial charge in [-0.25, -0.2) is 14.4 Å². The smallest absolute Gasteiger partial charge is 0.267 e. The van der Waals surface area contributed by atoms with Crippen LogP contribution in [0.4, 0.5) is 10.2 Å². The van der Waals surface area contributed by atoms with Gasteiger partial charge >= 0.3 is 0 Å². The van der Waals surface area contributed by atoms with Crippen LogP contribution >= 0.6 is 0 Å². The van der Waals surface area contributed by atoms with Crippen LogP contribution in [-0.4, -0.2) is 35.9 Å². The number of nitrogens with zero attached hydrogens (tertiary/aromatic N) is 6. The maximum absolute atomic E-state index is 13.9. The van der Waals surface area contributed by atoms with E-state index in [9.17, 15) is 9.18 Å². The number of nitrogens with two attached hydrogens (primary N) is 2. The number of hydrogen-bond acceptors (Lipinski definition) is 8. The number of halogens is 1. The van der Waals surface area contributed by atoms with E-state index in [1.54, 1.807) is 19.1 Å². The number of primary amides is 1. The molecule has 0 spiro atoms. The summed E-state index contributed by atoms with van der Waals surface area (Å²) in [5.41, 5.74) is 13.3. The molecule has 3 aromatic heterocycles. The van der Waals surface area contributed by atoms with Crippen LogP contribution in [0.2, 0.25) is 0 Å². The van der Waals surface area contributed by atoms with Gasteiger partial charge in [-0.3, -0.25) is 9.78 Å². The highest BCUT2D eigenvalue weighted by molar-refractivity contribution is 5.91. The Morgan fingerprint density at radius 2 is 1.90 bits per heavy atom.